The molecule has 1 aliphatic rings. The second kappa shape index (κ2) is 5.04. The summed E-state index contributed by atoms with van der Waals surface area (Å²) >= 11 is 0. The van der Waals surface area contributed by atoms with Crippen molar-refractivity contribution in [3.63, 3.8) is 0 Å². The van der Waals surface area contributed by atoms with E-state index in [-0.39, 0.29) is 23.3 Å². The molecule has 0 spiro atoms. The van der Waals surface area contributed by atoms with Crippen molar-refractivity contribution in [1.82, 2.24) is 0 Å². The molecule has 1 saturated carbocycles. The number of rotatable bonds is 4. The smallest absolute Gasteiger partial charge is 0.147 e. The van der Waals surface area contributed by atoms with Crippen LogP contribution in [0.25, 0.3) is 0 Å². The lowest BCUT2D eigenvalue weighted by Gasteiger charge is -2.30. The van der Waals surface area contributed by atoms with Crippen molar-refractivity contribution in [3.05, 3.63) is 0 Å². The van der Waals surface area contributed by atoms with Crippen LogP contribution in [0, 0.1) is 11.8 Å². The van der Waals surface area contributed by atoms with Gasteiger partial charge >= 0.3 is 0 Å². The maximum Gasteiger partial charge on any atom is 0.147 e. The minimum Gasteiger partial charge on any atom is -0.229 e. The Morgan fingerprint density at radius 3 is 1.38 bits per heavy atom. The molecular formula is C10H20O4S2. The lowest BCUT2D eigenvalue weighted by atomic mass is 9.81. The molecule has 6 heteroatoms. The average Bonchev–Trinajstić information content (AvgIpc) is 2.03. The first-order valence-electron chi connectivity index (χ1n) is 5.53. The van der Waals surface area contributed by atoms with Gasteiger partial charge in [-0.2, -0.15) is 0 Å². The topological polar surface area (TPSA) is 68.3 Å². The van der Waals surface area contributed by atoms with Crippen molar-refractivity contribution in [2.45, 2.75) is 25.7 Å². The zero-order valence-electron chi connectivity index (χ0n) is 9.85. The van der Waals surface area contributed by atoms with E-state index >= 15 is 0 Å². The summed E-state index contributed by atoms with van der Waals surface area (Å²) in [6.07, 6.45) is 6.15. The zero-order chi connectivity index (χ0) is 12.4. The molecule has 0 bridgehead atoms. The van der Waals surface area contributed by atoms with Gasteiger partial charge < -0.3 is 0 Å². The van der Waals surface area contributed by atoms with Crippen LogP contribution in [0.4, 0.5) is 0 Å². The average molecular weight is 268 g/mol. The summed E-state index contributed by atoms with van der Waals surface area (Å²) in [5.41, 5.74) is 0. The minimum absolute atomic E-state index is 0.0264. The molecule has 2 atom stereocenters. The van der Waals surface area contributed by atoms with Crippen LogP contribution in [0.3, 0.4) is 0 Å². The van der Waals surface area contributed by atoms with E-state index in [9.17, 15) is 16.8 Å². The third-order valence-electron chi connectivity index (χ3n) is 3.10. The fraction of sp³-hybridized carbons (Fsp3) is 1.00. The summed E-state index contributed by atoms with van der Waals surface area (Å²) in [6, 6.07) is 0. The van der Waals surface area contributed by atoms with Crippen LogP contribution >= 0.6 is 0 Å². The summed E-state index contributed by atoms with van der Waals surface area (Å²) in [4.78, 5) is 0. The van der Waals surface area contributed by atoms with E-state index in [0.29, 0.717) is 0 Å². The molecule has 1 aliphatic carbocycles. The highest BCUT2D eigenvalue weighted by molar-refractivity contribution is 7.91. The molecule has 0 amide bonds. The van der Waals surface area contributed by atoms with E-state index in [2.05, 4.69) is 0 Å². The summed E-state index contributed by atoms with van der Waals surface area (Å²) in [7, 11) is -6.01. The molecule has 4 nitrogen and oxygen atoms in total. The molecule has 0 heterocycles. The molecule has 0 aromatic rings. The number of hydrogen-bond donors (Lipinski definition) is 0. The van der Waals surface area contributed by atoms with Gasteiger partial charge in [-0.15, -0.1) is 0 Å². The molecule has 0 aliphatic heterocycles. The maximum atomic E-state index is 11.3. The quantitative estimate of drug-likeness (QED) is 0.759. The Hall–Kier alpha value is -0.100. The Bertz CT molecular complexity index is 380. The molecule has 0 radical (unpaired) electrons. The summed E-state index contributed by atoms with van der Waals surface area (Å²) < 4.78 is 45.0. The number of sulfone groups is 2. The molecule has 0 aromatic carbocycles. The third kappa shape index (κ3) is 5.30. The monoisotopic (exact) mass is 268 g/mol. The molecule has 1 rings (SSSR count). The van der Waals surface area contributed by atoms with Gasteiger partial charge in [0.05, 0.1) is 11.5 Å². The molecule has 1 fully saturated rings. The Morgan fingerprint density at radius 1 is 0.812 bits per heavy atom. The van der Waals surface area contributed by atoms with E-state index < -0.39 is 19.7 Å². The van der Waals surface area contributed by atoms with Crippen LogP contribution < -0.4 is 0 Å². The van der Waals surface area contributed by atoms with Crippen molar-refractivity contribution >= 4 is 19.7 Å². The van der Waals surface area contributed by atoms with Crippen LogP contribution in [0.2, 0.25) is 0 Å². The highest BCUT2D eigenvalue weighted by Gasteiger charge is 2.30. The van der Waals surface area contributed by atoms with Crippen molar-refractivity contribution in [3.8, 4) is 0 Å². The van der Waals surface area contributed by atoms with Gasteiger partial charge in [0, 0.05) is 12.5 Å². The second-order valence-corrected chi connectivity index (χ2v) is 9.36. The molecule has 16 heavy (non-hydrogen) atoms. The van der Waals surface area contributed by atoms with Crippen LogP contribution in [-0.2, 0) is 19.7 Å². The lowest BCUT2D eigenvalue weighted by Crippen LogP contribution is -2.31. The summed E-state index contributed by atoms with van der Waals surface area (Å²) in [5.74, 6) is 0.317. The van der Waals surface area contributed by atoms with Gasteiger partial charge in [0.15, 0.2) is 0 Å². The largest absolute Gasteiger partial charge is 0.229 e. The highest BCUT2D eigenvalue weighted by atomic mass is 32.2. The maximum absolute atomic E-state index is 11.3. The van der Waals surface area contributed by atoms with Gasteiger partial charge in [-0.05, 0) is 24.7 Å². The first-order valence-corrected chi connectivity index (χ1v) is 9.65. The van der Waals surface area contributed by atoms with E-state index in [1.165, 1.54) is 12.5 Å². The zero-order valence-corrected chi connectivity index (χ0v) is 11.5. The molecule has 96 valence electrons. The highest BCUT2D eigenvalue weighted by Crippen LogP contribution is 2.31. The minimum atomic E-state index is -3.01. The Kier molecular flexibility index (Phi) is 4.40. The van der Waals surface area contributed by atoms with E-state index in [0.717, 1.165) is 25.7 Å². The molecular weight excluding hydrogens is 248 g/mol. The van der Waals surface area contributed by atoms with Crippen molar-refractivity contribution < 1.29 is 16.8 Å². The number of hydrogen-bond acceptors (Lipinski definition) is 4. The van der Waals surface area contributed by atoms with Crippen molar-refractivity contribution in [2.24, 2.45) is 11.8 Å². The van der Waals surface area contributed by atoms with Crippen LogP contribution in [0.15, 0.2) is 0 Å². The van der Waals surface area contributed by atoms with Gasteiger partial charge in [0.1, 0.15) is 19.7 Å². The van der Waals surface area contributed by atoms with Crippen LogP contribution in [0.1, 0.15) is 25.7 Å². The van der Waals surface area contributed by atoms with Gasteiger partial charge in [-0.1, -0.05) is 12.8 Å². The fourth-order valence-corrected chi connectivity index (χ4v) is 4.93. The molecule has 0 saturated heterocycles. The standard InChI is InChI=1S/C10H20O4S2/c1-15(11,12)7-9-5-3-4-6-10(9)8-16(2,13)14/h9-10H,3-8H2,1-2H3/t9-,10-/m0/s1. The fourth-order valence-electron chi connectivity index (χ4n) is 2.50. The molecule has 0 N–H and O–H groups in total. The summed E-state index contributed by atoms with van der Waals surface area (Å²) in [6.45, 7) is 0. The predicted molar refractivity (Wildman–Crippen MR) is 64.9 cm³/mol. The van der Waals surface area contributed by atoms with Crippen LogP contribution in [0.5, 0.6) is 0 Å². The first kappa shape index (κ1) is 14.0. The molecule has 0 aromatic heterocycles. The van der Waals surface area contributed by atoms with Crippen LogP contribution in [-0.4, -0.2) is 40.9 Å². The Balaban J connectivity index is 2.72. The predicted octanol–water partition coefficient (Wildman–Crippen LogP) is 0.882. The van der Waals surface area contributed by atoms with Gasteiger partial charge in [-0.25, -0.2) is 16.8 Å². The second-order valence-electron chi connectivity index (χ2n) is 4.99. The SMILES string of the molecule is CS(=O)(=O)C[C@@H]1CCCC[C@H]1CS(C)(=O)=O. The normalized spacial score (nSPS) is 27.9. The first-order chi connectivity index (χ1) is 7.17. The lowest BCUT2D eigenvalue weighted by molar-refractivity contribution is 0.281. The van der Waals surface area contributed by atoms with Gasteiger partial charge in [0.25, 0.3) is 0 Å². The Labute approximate surface area is 98.3 Å². The molecule has 0 unspecified atom stereocenters. The van der Waals surface area contributed by atoms with E-state index in [4.69, 9.17) is 0 Å². The van der Waals surface area contributed by atoms with E-state index in [1.54, 1.807) is 0 Å². The summed E-state index contributed by atoms with van der Waals surface area (Å²) in [5, 5.41) is 0. The van der Waals surface area contributed by atoms with Gasteiger partial charge in [-0.3, -0.25) is 0 Å². The van der Waals surface area contributed by atoms with E-state index in [1.807, 2.05) is 0 Å². The Morgan fingerprint density at radius 2 is 1.12 bits per heavy atom. The van der Waals surface area contributed by atoms with Crippen molar-refractivity contribution in [2.75, 3.05) is 24.0 Å². The van der Waals surface area contributed by atoms with Crippen molar-refractivity contribution in [1.29, 1.82) is 0 Å². The third-order valence-corrected chi connectivity index (χ3v) is 5.17. The van der Waals surface area contributed by atoms with Gasteiger partial charge in [0.2, 0.25) is 0 Å².